The lowest BCUT2D eigenvalue weighted by molar-refractivity contribution is 0.259. The Hall–Kier alpha value is -1.66. The Balaban J connectivity index is 2.24. The van der Waals surface area contributed by atoms with Crippen molar-refractivity contribution in [3.05, 3.63) is 52.5 Å². The maximum atomic E-state index is 12.4. The molecule has 0 aliphatic heterocycles. The molecule has 9 heteroatoms. The second-order valence-electron chi connectivity index (χ2n) is 5.55. The molecule has 5 nitrogen and oxygen atoms in total. The molecule has 150 valence electrons. The summed E-state index contributed by atoms with van der Waals surface area (Å²) in [6.07, 6.45) is 0. The summed E-state index contributed by atoms with van der Waals surface area (Å²) in [6, 6.07) is 11.2. The molecule has 0 unspecified atom stereocenters. The van der Waals surface area contributed by atoms with Crippen LogP contribution in [0.15, 0.2) is 47.5 Å². The van der Waals surface area contributed by atoms with Gasteiger partial charge in [0.05, 0.1) is 10.7 Å². The van der Waals surface area contributed by atoms with E-state index in [0.717, 1.165) is 0 Å². The van der Waals surface area contributed by atoms with E-state index in [1.165, 1.54) is 0 Å². The Bertz CT molecular complexity index is 855. The van der Waals surface area contributed by atoms with Gasteiger partial charge in [-0.25, -0.2) is 4.79 Å². The molecular formula is C19H19Cl4N3O2. The fourth-order valence-corrected chi connectivity index (χ4v) is 3.21. The summed E-state index contributed by atoms with van der Waals surface area (Å²) < 4.78 is 5.82. The molecule has 28 heavy (non-hydrogen) atoms. The Morgan fingerprint density at radius 2 is 1.79 bits per heavy atom. The lowest BCUT2D eigenvalue weighted by Gasteiger charge is -2.23. The van der Waals surface area contributed by atoms with Crippen molar-refractivity contribution in [1.29, 1.82) is 0 Å². The highest BCUT2D eigenvalue weighted by Gasteiger charge is 2.18. The first-order valence-corrected chi connectivity index (χ1v) is 10.1. The number of para-hydroxylation sites is 2. The molecule has 0 spiro atoms. The summed E-state index contributed by atoms with van der Waals surface area (Å²) in [7, 11) is 0. The third-order valence-corrected chi connectivity index (χ3v) is 4.66. The van der Waals surface area contributed by atoms with Gasteiger partial charge in [0.15, 0.2) is 10.6 Å². The van der Waals surface area contributed by atoms with Gasteiger partial charge in [-0.15, -0.1) is 0 Å². The second-order valence-corrected chi connectivity index (χ2v) is 7.49. The number of carbonyl (C=O) groups is 1. The fourth-order valence-electron chi connectivity index (χ4n) is 2.39. The minimum atomic E-state index is -0.926. The van der Waals surface area contributed by atoms with Crippen molar-refractivity contribution in [2.75, 3.05) is 18.4 Å². The summed E-state index contributed by atoms with van der Waals surface area (Å²) in [4.78, 5) is 17.3. The van der Waals surface area contributed by atoms with E-state index < -0.39 is 10.9 Å². The average molecular weight is 463 g/mol. The summed E-state index contributed by atoms with van der Waals surface area (Å²) in [6.45, 7) is 5.08. The predicted octanol–water partition coefficient (Wildman–Crippen LogP) is 6.86. The van der Waals surface area contributed by atoms with Gasteiger partial charge in [-0.1, -0.05) is 58.5 Å². The molecule has 1 N–H and O–H groups in total. The third-order valence-electron chi connectivity index (χ3n) is 3.74. The number of hydrogen-bond donors (Lipinski definition) is 1. The monoisotopic (exact) mass is 461 g/mol. The van der Waals surface area contributed by atoms with E-state index in [1.54, 1.807) is 47.4 Å². The van der Waals surface area contributed by atoms with Gasteiger partial charge in [-0.05, 0) is 44.2 Å². The molecule has 0 aliphatic carbocycles. The quantitative estimate of drug-likeness (QED) is 0.289. The van der Waals surface area contributed by atoms with Gasteiger partial charge in [0.2, 0.25) is 0 Å². The Morgan fingerprint density at radius 3 is 2.39 bits per heavy atom. The largest absolute Gasteiger partial charge is 0.454 e. The van der Waals surface area contributed by atoms with Crippen LogP contribution in [-0.4, -0.2) is 34.7 Å². The van der Waals surface area contributed by atoms with Crippen LogP contribution in [0.25, 0.3) is 0 Å². The van der Waals surface area contributed by atoms with Crippen molar-refractivity contribution < 1.29 is 9.53 Å². The summed E-state index contributed by atoms with van der Waals surface area (Å²) in [5.74, 6) is 1.08. The molecule has 2 aromatic rings. The number of ether oxygens (including phenoxy) is 1. The van der Waals surface area contributed by atoms with E-state index in [-0.39, 0.29) is 5.84 Å². The van der Waals surface area contributed by atoms with E-state index in [4.69, 9.17) is 51.1 Å². The van der Waals surface area contributed by atoms with E-state index in [0.29, 0.717) is 40.3 Å². The fraction of sp³-hybridized carbons (Fsp3) is 0.263. The number of amidine groups is 1. The summed E-state index contributed by atoms with van der Waals surface area (Å²) >= 11 is 24.0. The lowest BCUT2D eigenvalue weighted by atomic mass is 10.3. The van der Waals surface area contributed by atoms with E-state index in [9.17, 15) is 4.79 Å². The minimum Gasteiger partial charge on any atom is -0.454 e. The Kier molecular flexibility index (Phi) is 8.70. The number of anilines is 1. The van der Waals surface area contributed by atoms with Crippen molar-refractivity contribution in [3.63, 3.8) is 0 Å². The van der Waals surface area contributed by atoms with Crippen LogP contribution in [0.1, 0.15) is 13.8 Å². The van der Waals surface area contributed by atoms with Gasteiger partial charge in [0, 0.05) is 18.1 Å². The van der Waals surface area contributed by atoms with Crippen molar-refractivity contribution in [3.8, 4) is 11.5 Å². The molecule has 0 aromatic heterocycles. The smallest absolute Gasteiger partial charge is 0.347 e. The molecule has 0 saturated carbocycles. The molecule has 0 atom stereocenters. The highest BCUT2D eigenvalue weighted by Crippen LogP contribution is 2.35. The lowest BCUT2D eigenvalue weighted by Crippen LogP contribution is -2.36. The number of amides is 2. The first-order valence-electron chi connectivity index (χ1n) is 8.50. The van der Waals surface area contributed by atoms with Crippen molar-refractivity contribution in [2.45, 2.75) is 18.7 Å². The minimum absolute atomic E-state index is 0.282. The van der Waals surface area contributed by atoms with Crippen LogP contribution in [0.4, 0.5) is 10.5 Å². The molecule has 0 fully saturated rings. The Morgan fingerprint density at radius 1 is 1.11 bits per heavy atom. The van der Waals surface area contributed by atoms with Gasteiger partial charge >= 0.3 is 6.03 Å². The summed E-state index contributed by atoms with van der Waals surface area (Å²) in [5, 5.41) is 3.53. The number of aliphatic imine (C=N–C) groups is 1. The molecule has 2 aromatic carbocycles. The van der Waals surface area contributed by atoms with E-state index >= 15 is 0 Å². The maximum Gasteiger partial charge on any atom is 0.347 e. The second kappa shape index (κ2) is 10.8. The molecule has 2 amide bonds. The first kappa shape index (κ1) is 22.6. The predicted molar refractivity (Wildman–Crippen MR) is 118 cm³/mol. The standard InChI is InChI=1S/C19H19Cl4N3O2/c1-3-26(4-2)18(17(22)23)25-19(27)24-14-7-5-6-8-16(14)28-15-10-9-12(20)11-13(15)21/h5-11,17H,3-4H2,1-2H3,(H,24,27)/b25-18-. The number of nitrogens with zero attached hydrogens (tertiary/aromatic N) is 2. The number of halogens is 4. The zero-order chi connectivity index (χ0) is 20.7. The summed E-state index contributed by atoms with van der Waals surface area (Å²) in [5.41, 5.74) is 0.418. The van der Waals surface area contributed by atoms with E-state index in [1.807, 2.05) is 13.8 Å². The molecule has 0 bridgehead atoms. The number of hydrogen-bond acceptors (Lipinski definition) is 2. The van der Waals surface area contributed by atoms with Crippen LogP contribution >= 0.6 is 46.4 Å². The maximum absolute atomic E-state index is 12.4. The molecule has 2 rings (SSSR count). The van der Waals surface area contributed by atoms with E-state index in [2.05, 4.69) is 10.3 Å². The van der Waals surface area contributed by atoms with Crippen molar-refractivity contribution in [2.24, 2.45) is 4.99 Å². The van der Waals surface area contributed by atoms with Gasteiger partial charge in [0.25, 0.3) is 0 Å². The van der Waals surface area contributed by atoms with Crippen LogP contribution in [0.3, 0.4) is 0 Å². The number of urea groups is 1. The van der Waals surface area contributed by atoms with Gasteiger partial charge in [0.1, 0.15) is 11.6 Å². The molecule has 0 saturated heterocycles. The van der Waals surface area contributed by atoms with Gasteiger partial charge in [-0.3, -0.25) is 0 Å². The third kappa shape index (κ3) is 6.17. The topological polar surface area (TPSA) is 53.9 Å². The number of nitrogens with one attached hydrogen (secondary N) is 1. The van der Waals surface area contributed by atoms with Crippen LogP contribution in [0.2, 0.25) is 10.0 Å². The average Bonchev–Trinajstić information content (AvgIpc) is 2.65. The number of rotatable bonds is 6. The number of benzene rings is 2. The van der Waals surface area contributed by atoms with Gasteiger partial charge in [-0.2, -0.15) is 4.99 Å². The molecule has 0 aliphatic rings. The van der Waals surface area contributed by atoms with Crippen LogP contribution in [-0.2, 0) is 0 Å². The van der Waals surface area contributed by atoms with Crippen LogP contribution in [0, 0.1) is 0 Å². The van der Waals surface area contributed by atoms with Crippen LogP contribution in [0.5, 0.6) is 11.5 Å². The highest BCUT2D eigenvalue weighted by atomic mass is 35.5. The number of alkyl halides is 2. The van der Waals surface area contributed by atoms with Gasteiger partial charge < -0.3 is 15.0 Å². The molecular weight excluding hydrogens is 444 g/mol. The van der Waals surface area contributed by atoms with Crippen molar-refractivity contribution >= 4 is 64.0 Å². The zero-order valence-corrected chi connectivity index (χ0v) is 18.3. The highest BCUT2D eigenvalue weighted by molar-refractivity contribution is 6.54. The Labute approximate surface area is 184 Å². The first-order chi connectivity index (χ1) is 13.3. The SMILES string of the molecule is CCN(CC)/C(=N\C(=O)Nc1ccccc1Oc1ccc(Cl)cc1Cl)C(Cl)Cl. The molecule has 0 heterocycles. The number of carbonyl (C=O) groups excluding carboxylic acids is 1. The van der Waals surface area contributed by atoms with Crippen LogP contribution < -0.4 is 10.1 Å². The normalized spacial score (nSPS) is 11.5. The molecule has 0 radical (unpaired) electrons. The zero-order valence-electron chi connectivity index (χ0n) is 15.3. The van der Waals surface area contributed by atoms with Crippen molar-refractivity contribution in [1.82, 2.24) is 4.90 Å².